The van der Waals surface area contributed by atoms with E-state index in [2.05, 4.69) is 11.1 Å². The van der Waals surface area contributed by atoms with Gasteiger partial charge in [-0.2, -0.15) is 5.26 Å². The second-order valence-electron chi connectivity index (χ2n) is 5.84. The van der Waals surface area contributed by atoms with Gasteiger partial charge < -0.3 is 9.52 Å². The third-order valence-corrected chi connectivity index (χ3v) is 3.57. The average molecular weight is 292 g/mol. The van der Waals surface area contributed by atoms with Crippen LogP contribution in [0, 0.1) is 11.3 Å². The van der Waals surface area contributed by atoms with Crippen LogP contribution in [0.25, 0.3) is 11.1 Å². The first-order valence-corrected chi connectivity index (χ1v) is 7.07. The molecular formula is C18H16N2O2. The fraction of sp³-hybridized carbons (Fsp3) is 0.222. The van der Waals surface area contributed by atoms with Gasteiger partial charge in [0.1, 0.15) is 16.9 Å². The molecule has 0 aliphatic rings. The average Bonchev–Trinajstić information content (AvgIpc) is 2.93. The maximum absolute atomic E-state index is 10.1. The number of aliphatic hydroxyl groups is 1. The quantitative estimate of drug-likeness (QED) is 0.802. The van der Waals surface area contributed by atoms with Crippen molar-refractivity contribution < 1.29 is 9.52 Å². The zero-order chi connectivity index (χ0) is 15.7. The lowest BCUT2D eigenvalue weighted by Crippen LogP contribution is -2.13. The molecule has 22 heavy (non-hydrogen) atoms. The summed E-state index contributed by atoms with van der Waals surface area (Å²) in [5.41, 5.74) is 3.14. The van der Waals surface area contributed by atoms with Crippen molar-refractivity contribution in [3.05, 3.63) is 65.0 Å². The van der Waals surface area contributed by atoms with E-state index in [1.54, 1.807) is 38.2 Å². The molecule has 3 aromatic rings. The molecule has 0 aliphatic carbocycles. The molecule has 0 saturated carbocycles. The molecule has 1 N–H and O–H groups in total. The molecule has 1 aromatic carbocycles. The summed E-state index contributed by atoms with van der Waals surface area (Å²) in [6.45, 7) is 3.37. The van der Waals surface area contributed by atoms with Gasteiger partial charge in [-0.25, -0.2) is 0 Å². The van der Waals surface area contributed by atoms with Gasteiger partial charge in [-0.3, -0.25) is 4.98 Å². The van der Waals surface area contributed by atoms with Crippen molar-refractivity contribution >= 4 is 11.1 Å². The van der Waals surface area contributed by atoms with Crippen LogP contribution in [0.5, 0.6) is 0 Å². The van der Waals surface area contributed by atoms with Crippen molar-refractivity contribution in [2.75, 3.05) is 0 Å². The van der Waals surface area contributed by atoms with Crippen LogP contribution in [-0.4, -0.2) is 10.1 Å². The topological polar surface area (TPSA) is 70.1 Å². The molecule has 0 aliphatic heterocycles. The largest absolute Gasteiger partial charge is 0.456 e. The van der Waals surface area contributed by atoms with Gasteiger partial charge in [0.05, 0.1) is 11.6 Å². The molecule has 0 spiro atoms. The van der Waals surface area contributed by atoms with Crippen molar-refractivity contribution in [1.29, 1.82) is 5.26 Å². The van der Waals surface area contributed by atoms with E-state index in [1.807, 2.05) is 18.2 Å². The Hall–Kier alpha value is -2.64. The third kappa shape index (κ3) is 2.72. The van der Waals surface area contributed by atoms with Gasteiger partial charge >= 0.3 is 0 Å². The highest BCUT2D eigenvalue weighted by Gasteiger charge is 2.22. The van der Waals surface area contributed by atoms with Crippen LogP contribution in [0.15, 0.2) is 47.0 Å². The van der Waals surface area contributed by atoms with Gasteiger partial charge in [-0.15, -0.1) is 0 Å². The fourth-order valence-corrected chi connectivity index (χ4v) is 2.35. The van der Waals surface area contributed by atoms with Gasteiger partial charge in [0.15, 0.2) is 5.58 Å². The van der Waals surface area contributed by atoms with E-state index >= 15 is 0 Å². The molecule has 0 atom stereocenters. The Bertz CT molecular complexity index is 849. The number of fused-ring (bicyclic) bond motifs is 1. The molecule has 0 saturated heterocycles. The number of aromatic nitrogens is 1. The first-order valence-electron chi connectivity index (χ1n) is 7.07. The number of pyridine rings is 1. The Morgan fingerprint density at radius 3 is 2.59 bits per heavy atom. The zero-order valence-corrected chi connectivity index (χ0v) is 12.5. The van der Waals surface area contributed by atoms with Crippen LogP contribution < -0.4 is 0 Å². The van der Waals surface area contributed by atoms with Crippen LogP contribution >= 0.6 is 0 Å². The zero-order valence-electron chi connectivity index (χ0n) is 12.5. The minimum Gasteiger partial charge on any atom is -0.456 e. The highest BCUT2D eigenvalue weighted by atomic mass is 16.4. The predicted molar refractivity (Wildman–Crippen MR) is 83.2 cm³/mol. The minimum atomic E-state index is -1.04. The smallest absolute Gasteiger partial charge is 0.156 e. The first-order chi connectivity index (χ1) is 10.5. The number of benzene rings is 1. The van der Waals surface area contributed by atoms with Crippen molar-refractivity contribution in [3.8, 4) is 6.07 Å². The Morgan fingerprint density at radius 2 is 1.95 bits per heavy atom. The number of furan rings is 1. The van der Waals surface area contributed by atoms with Gasteiger partial charge in [-0.05, 0) is 37.6 Å². The summed E-state index contributed by atoms with van der Waals surface area (Å²) in [5.74, 6) is 0.502. The predicted octanol–water partition coefficient (Wildman–Crippen LogP) is 3.52. The van der Waals surface area contributed by atoms with E-state index in [0.717, 1.165) is 16.6 Å². The summed E-state index contributed by atoms with van der Waals surface area (Å²) in [6.07, 6.45) is 2.43. The minimum absolute atomic E-state index is 0.502. The first kappa shape index (κ1) is 14.3. The standard InChI is InChI=1S/C18H16N2O2/c1-18(2,21)16-10-15-17(22-16)14(7-8-20-15)9-12-3-5-13(11-19)6-4-12/h3-8,10,21H,9H2,1-2H3. The molecule has 4 heteroatoms. The van der Waals surface area contributed by atoms with E-state index in [9.17, 15) is 5.11 Å². The van der Waals surface area contributed by atoms with Crippen LogP contribution in [0.2, 0.25) is 0 Å². The number of hydrogen-bond acceptors (Lipinski definition) is 4. The lowest BCUT2D eigenvalue weighted by atomic mass is 10.0. The molecule has 110 valence electrons. The Labute approximate surface area is 128 Å². The third-order valence-electron chi connectivity index (χ3n) is 3.57. The monoisotopic (exact) mass is 292 g/mol. The fourth-order valence-electron chi connectivity index (χ4n) is 2.35. The molecule has 0 bridgehead atoms. The van der Waals surface area contributed by atoms with Gasteiger partial charge in [-0.1, -0.05) is 12.1 Å². The van der Waals surface area contributed by atoms with E-state index in [1.165, 1.54) is 0 Å². The second-order valence-corrected chi connectivity index (χ2v) is 5.84. The molecular weight excluding hydrogens is 276 g/mol. The molecule has 4 nitrogen and oxygen atoms in total. The highest BCUT2D eigenvalue weighted by Crippen LogP contribution is 2.29. The Kier molecular flexibility index (Phi) is 3.44. The van der Waals surface area contributed by atoms with Crippen LogP contribution in [0.4, 0.5) is 0 Å². The summed E-state index contributed by atoms with van der Waals surface area (Å²) in [5, 5.41) is 18.9. The van der Waals surface area contributed by atoms with Crippen LogP contribution in [-0.2, 0) is 12.0 Å². The van der Waals surface area contributed by atoms with E-state index in [4.69, 9.17) is 9.68 Å². The number of nitriles is 1. The summed E-state index contributed by atoms with van der Waals surface area (Å²) in [6, 6.07) is 13.3. The van der Waals surface area contributed by atoms with E-state index in [0.29, 0.717) is 23.3 Å². The summed E-state index contributed by atoms with van der Waals surface area (Å²) >= 11 is 0. The molecule has 0 amide bonds. The van der Waals surface area contributed by atoms with Gasteiger partial charge in [0, 0.05) is 24.2 Å². The Morgan fingerprint density at radius 1 is 1.23 bits per heavy atom. The summed E-state index contributed by atoms with van der Waals surface area (Å²) in [7, 11) is 0. The number of nitrogens with zero attached hydrogens (tertiary/aromatic N) is 2. The van der Waals surface area contributed by atoms with Crippen molar-refractivity contribution in [2.45, 2.75) is 25.9 Å². The Balaban J connectivity index is 1.99. The molecule has 0 unspecified atom stereocenters. The normalized spacial score (nSPS) is 11.5. The summed E-state index contributed by atoms with van der Waals surface area (Å²) in [4.78, 5) is 4.30. The SMILES string of the molecule is CC(C)(O)c1cc2nccc(Cc3ccc(C#N)cc3)c2o1. The molecule has 3 rings (SSSR count). The van der Waals surface area contributed by atoms with Gasteiger partial charge in [0.2, 0.25) is 0 Å². The molecule has 0 radical (unpaired) electrons. The summed E-state index contributed by atoms with van der Waals surface area (Å²) < 4.78 is 5.82. The van der Waals surface area contributed by atoms with Gasteiger partial charge in [0.25, 0.3) is 0 Å². The maximum atomic E-state index is 10.1. The number of hydrogen-bond donors (Lipinski definition) is 1. The van der Waals surface area contributed by atoms with Crippen molar-refractivity contribution in [1.82, 2.24) is 4.98 Å². The molecule has 2 heterocycles. The van der Waals surface area contributed by atoms with Crippen molar-refractivity contribution in [2.24, 2.45) is 0 Å². The van der Waals surface area contributed by atoms with Crippen LogP contribution in [0.3, 0.4) is 0 Å². The number of rotatable bonds is 3. The van der Waals surface area contributed by atoms with Crippen LogP contribution in [0.1, 0.15) is 36.3 Å². The lowest BCUT2D eigenvalue weighted by molar-refractivity contribution is 0.0558. The van der Waals surface area contributed by atoms with E-state index < -0.39 is 5.60 Å². The second kappa shape index (κ2) is 5.28. The van der Waals surface area contributed by atoms with Crippen molar-refractivity contribution in [3.63, 3.8) is 0 Å². The highest BCUT2D eigenvalue weighted by molar-refractivity contribution is 5.77. The lowest BCUT2D eigenvalue weighted by Gasteiger charge is -2.12. The molecule has 2 aromatic heterocycles. The van der Waals surface area contributed by atoms with E-state index in [-0.39, 0.29) is 0 Å². The maximum Gasteiger partial charge on any atom is 0.156 e. The molecule has 0 fully saturated rings.